The highest BCUT2D eigenvalue weighted by Crippen LogP contribution is 2.33. The molecule has 0 fully saturated rings. The largest absolute Gasteiger partial charge is 0.573 e. The van der Waals surface area contributed by atoms with Crippen LogP contribution in [0.25, 0.3) is 33.5 Å². The number of para-hydroxylation sites is 1. The van der Waals surface area contributed by atoms with Crippen molar-refractivity contribution < 1.29 is 22.3 Å². The Morgan fingerprint density at radius 3 is 2.65 bits per heavy atom. The van der Waals surface area contributed by atoms with Crippen molar-refractivity contribution in [2.45, 2.75) is 13.0 Å². The molecule has 5 rings (SSSR count). The number of aromatic nitrogens is 5. The zero-order valence-corrected chi connectivity index (χ0v) is 15.7. The van der Waals surface area contributed by atoms with Crippen LogP contribution >= 0.6 is 0 Å². The van der Waals surface area contributed by atoms with Crippen LogP contribution in [0, 0.1) is 5.82 Å². The molecule has 3 heterocycles. The molecule has 0 atom stereocenters. The second kappa shape index (κ2) is 7.08. The summed E-state index contributed by atoms with van der Waals surface area (Å²) in [6.07, 6.45) is -1.30. The first kappa shape index (κ1) is 19.0. The molecule has 0 radical (unpaired) electrons. The maximum absolute atomic E-state index is 14.3. The normalized spacial score (nSPS) is 12.0. The summed E-state index contributed by atoms with van der Waals surface area (Å²) in [6.45, 7) is 0.377. The van der Waals surface area contributed by atoms with Crippen LogP contribution < -0.4 is 4.74 Å². The number of benzene rings is 2. The zero-order chi connectivity index (χ0) is 21.6. The Kier molecular flexibility index (Phi) is 4.35. The van der Waals surface area contributed by atoms with Crippen LogP contribution in [-0.2, 0) is 6.67 Å². The molecule has 0 spiro atoms. The number of halogens is 4. The molecule has 0 saturated carbocycles. The Labute approximate surface area is 172 Å². The van der Waals surface area contributed by atoms with Crippen molar-refractivity contribution in [3.05, 3.63) is 72.8 Å². The van der Waals surface area contributed by atoms with Crippen molar-refractivity contribution in [1.82, 2.24) is 24.5 Å². The van der Waals surface area contributed by atoms with E-state index in [1.54, 1.807) is 23.0 Å². The minimum Gasteiger partial charge on any atom is -0.406 e. The average Bonchev–Trinajstić information content (AvgIpc) is 3.32. The monoisotopic (exact) mass is 427 g/mol. The van der Waals surface area contributed by atoms with Gasteiger partial charge in [0, 0.05) is 23.5 Å². The molecule has 3 aromatic rings. The van der Waals surface area contributed by atoms with Gasteiger partial charge in [-0.25, -0.2) is 14.1 Å². The average molecular weight is 427 g/mol. The summed E-state index contributed by atoms with van der Waals surface area (Å²) >= 11 is 0. The van der Waals surface area contributed by atoms with Gasteiger partial charge in [-0.05, 0) is 42.5 Å². The van der Waals surface area contributed by atoms with Crippen molar-refractivity contribution in [1.29, 1.82) is 0 Å². The van der Waals surface area contributed by atoms with E-state index in [4.69, 9.17) is 0 Å². The van der Waals surface area contributed by atoms with E-state index in [1.807, 2.05) is 35.0 Å². The van der Waals surface area contributed by atoms with Crippen LogP contribution in [0.5, 0.6) is 5.75 Å². The van der Waals surface area contributed by atoms with E-state index in [0.717, 1.165) is 34.8 Å². The topological polar surface area (TPSA) is 57.8 Å². The van der Waals surface area contributed by atoms with Gasteiger partial charge in [-0.2, -0.15) is 0 Å². The summed E-state index contributed by atoms with van der Waals surface area (Å²) in [5.74, 6) is -1.21. The van der Waals surface area contributed by atoms with Crippen molar-refractivity contribution in [3.8, 4) is 28.3 Å². The van der Waals surface area contributed by atoms with E-state index in [0.29, 0.717) is 12.4 Å². The van der Waals surface area contributed by atoms with Crippen LogP contribution in [0.1, 0.15) is 0 Å². The fourth-order valence-corrected chi connectivity index (χ4v) is 3.36. The highest BCUT2D eigenvalue weighted by atomic mass is 19.4. The fourth-order valence-electron chi connectivity index (χ4n) is 3.36. The minimum absolute atomic E-state index is 0.0771. The lowest BCUT2D eigenvalue weighted by atomic mass is 10.1. The predicted octanol–water partition coefficient (Wildman–Crippen LogP) is 4.94. The van der Waals surface area contributed by atoms with Gasteiger partial charge in [0.1, 0.15) is 23.8 Å². The number of hydrogen-bond acceptors (Lipinski definition) is 4. The van der Waals surface area contributed by atoms with Crippen LogP contribution in [0.2, 0.25) is 0 Å². The highest BCUT2D eigenvalue weighted by Gasteiger charge is 2.31. The van der Waals surface area contributed by atoms with Gasteiger partial charge in [-0.1, -0.05) is 17.3 Å². The number of ether oxygens (including phenoxy) is 1. The predicted molar refractivity (Wildman–Crippen MR) is 104 cm³/mol. The van der Waals surface area contributed by atoms with Gasteiger partial charge in [0.15, 0.2) is 0 Å². The van der Waals surface area contributed by atoms with Gasteiger partial charge in [-0.3, -0.25) is 0 Å². The zero-order valence-electron chi connectivity index (χ0n) is 15.7. The standard InChI is InChI=1S/C21H13F4N5O/c22-16-6-5-14(31-21(23,24)25)10-15(16)18-9-13-7-8-29(11-19(13)26-18)12-30-20-4-2-1-3-17(20)27-28-30/h1-11H,12H2. The van der Waals surface area contributed by atoms with Gasteiger partial charge in [0.2, 0.25) is 0 Å². The molecule has 31 heavy (non-hydrogen) atoms. The highest BCUT2D eigenvalue weighted by molar-refractivity contribution is 5.75. The molecule has 0 saturated heterocycles. The Balaban J connectivity index is 1.48. The molecule has 0 bridgehead atoms. The van der Waals surface area contributed by atoms with Crippen LogP contribution in [0.4, 0.5) is 17.6 Å². The third-order valence-corrected chi connectivity index (χ3v) is 4.73. The van der Waals surface area contributed by atoms with Crippen LogP contribution in [0.3, 0.4) is 0 Å². The van der Waals surface area contributed by atoms with E-state index in [1.165, 1.54) is 0 Å². The van der Waals surface area contributed by atoms with Gasteiger partial charge >= 0.3 is 6.36 Å². The Morgan fingerprint density at radius 1 is 0.968 bits per heavy atom. The second-order valence-electron chi connectivity index (χ2n) is 6.85. The first-order chi connectivity index (χ1) is 14.9. The molecule has 0 N–H and O–H groups in total. The fraction of sp³-hybridized carbons (Fsp3) is 0.0952. The molecule has 2 aromatic carbocycles. The van der Waals surface area contributed by atoms with E-state index in [9.17, 15) is 17.6 Å². The molecule has 156 valence electrons. The molecule has 0 aliphatic carbocycles. The number of nitrogens with zero attached hydrogens (tertiary/aromatic N) is 5. The van der Waals surface area contributed by atoms with Gasteiger partial charge in [-0.15, -0.1) is 18.3 Å². The Bertz CT molecular complexity index is 1360. The van der Waals surface area contributed by atoms with Crippen molar-refractivity contribution in [2.24, 2.45) is 0 Å². The van der Waals surface area contributed by atoms with Crippen molar-refractivity contribution in [3.63, 3.8) is 0 Å². The summed E-state index contributed by atoms with van der Waals surface area (Å²) in [6, 6.07) is 13.8. The summed E-state index contributed by atoms with van der Waals surface area (Å²) < 4.78 is 59.2. The summed E-state index contributed by atoms with van der Waals surface area (Å²) in [5.41, 5.74) is 3.06. The van der Waals surface area contributed by atoms with E-state index < -0.39 is 17.9 Å². The van der Waals surface area contributed by atoms with Gasteiger partial charge in [0.05, 0.1) is 16.9 Å². The number of fused-ring (bicyclic) bond motifs is 2. The molecular weight excluding hydrogens is 414 g/mol. The molecule has 0 amide bonds. The molecule has 10 heteroatoms. The third-order valence-electron chi connectivity index (χ3n) is 4.73. The lowest BCUT2D eigenvalue weighted by Crippen LogP contribution is -2.17. The first-order valence-corrected chi connectivity index (χ1v) is 9.16. The lowest BCUT2D eigenvalue weighted by molar-refractivity contribution is -0.274. The Morgan fingerprint density at radius 2 is 1.81 bits per heavy atom. The van der Waals surface area contributed by atoms with Crippen molar-refractivity contribution in [2.75, 3.05) is 0 Å². The number of rotatable bonds is 4. The summed E-state index contributed by atoms with van der Waals surface area (Å²) in [7, 11) is 0. The number of hydrogen-bond donors (Lipinski definition) is 0. The van der Waals surface area contributed by atoms with E-state index >= 15 is 0 Å². The number of pyridine rings is 1. The maximum atomic E-state index is 14.3. The Hall–Kier alpha value is -3.95. The summed E-state index contributed by atoms with van der Waals surface area (Å²) in [4.78, 5) is 4.39. The molecule has 1 aromatic heterocycles. The van der Waals surface area contributed by atoms with Crippen LogP contribution in [0.15, 0.2) is 67.0 Å². The minimum atomic E-state index is -4.86. The summed E-state index contributed by atoms with van der Waals surface area (Å²) in [5, 5.41) is 8.26. The van der Waals surface area contributed by atoms with Crippen molar-refractivity contribution >= 4 is 11.0 Å². The van der Waals surface area contributed by atoms with Crippen LogP contribution in [-0.4, -0.2) is 30.9 Å². The molecule has 2 aliphatic rings. The second-order valence-corrected chi connectivity index (χ2v) is 6.85. The van der Waals surface area contributed by atoms with Gasteiger partial charge in [0.25, 0.3) is 0 Å². The molecule has 6 nitrogen and oxygen atoms in total. The maximum Gasteiger partial charge on any atom is 0.573 e. The number of alkyl halides is 3. The SMILES string of the molecule is Fc1ccc(OC(F)(F)F)cc1-c1cc2ccn(Cn3nnc4ccccc43)cc-2n1. The van der Waals surface area contributed by atoms with E-state index in [2.05, 4.69) is 20.0 Å². The lowest BCUT2D eigenvalue weighted by Gasteiger charge is -2.10. The quantitative estimate of drug-likeness (QED) is 0.381. The third kappa shape index (κ3) is 3.79. The first-order valence-electron chi connectivity index (χ1n) is 9.16. The van der Waals surface area contributed by atoms with Gasteiger partial charge < -0.3 is 9.30 Å². The molecule has 2 aliphatic heterocycles. The molecular formula is C21H13F4N5O. The van der Waals surface area contributed by atoms with E-state index in [-0.39, 0.29) is 11.3 Å². The smallest absolute Gasteiger partial charge is 0.406 e. The molecule has 0 unspecified atom stereocenters.